The van der Waals surface area contributed by atoms with Crippen LogP contribution in [0.2, 0.25) is 5.02 Å². The van der Waals surface area contributed by atoms with Crippen molar-refractivity contribution >= 4 is 17.4 Å². The zero-order valence-electron chi connectivity index (χ0n) is 18.5. The Balaban J connectivity index is 1.26. The molecule has 3 aromatic heterocycles. The van der Waals surface area contributed by atoms with Crippen molar-refractivity contribution in [3.63, 3.8) is 0 Å². The highest BCUT2D eigenvalue weighted by Gasteiger charge is 2.36. The third-order valence-corrected chi connectivity index (χ3v) is 6.78. The number of aromatic nitrogens is 3. The van der Waals surface area contributed by atoms with Gasteiger partial charge in [-0.25, -0.2) is 4.98 Å². The highest BCUT2D eigenvalue weighted by molar-refractivity contribution is 6.30. The topological polar surface area (TPSA) is 72.3 Å². The number of halogens is 1. The summed E-state index contributed by atoms with van der Waals surface area (Å²) in [6.07, 6.45) is 11.3. The molecule has 0 saturated carbocycles. The van der Waals surface area contributed by atoms with Crippen molar-refractivity contribution in [3.05, 3.63) is 76.1 Å². The monoisotopic (exact) mass is 465 g/mol. The molecule has 1 atom stereocenters. The van der Waals surface area contributed by atoms with E-state index in [1.54, 1.807) is 41.4 Å². The van der Waals surface area contributed by atoms with Gasteiger partial charge in [-0.2, -0.15) is 0 Å². The fraction of sp³-hybridized carbons (Fsp3) is 0.400. The highest BCUT2D eigenvalue weighted by Crippen LogP contribution is 2.31. The second-order valence-electron chi connectivity index (χ2n) is 8.89. The molecule has 33 heavy (non-hydrogen) atoms. The first-order chi connectivity index (χ1) is 16.1. The zero-order valence-corrected chi connectivity index (χ0v) is 19.3. The largest absolute Gasteiger partial charge is 0.487 e. The van der Waals surface area contributed by atoms with Gasteiger partial charge >= 0.3 is 0 Å². The van der Waals surface area contributed by atoms with Crippen LogP contribution in [0.3, 0.4) is 0 Å². The molecule has 3 aromatic rings. The SMILES string of the molecule is O=c1cc(OCc2ccc(Cl)cn2)ccn1-c1ccc(N2CCCC3(CCCCN3)C2)nc1. The second-order valence-corrected chi connectivity index (χ2v) is 9.33. The van der Waals surface area contributed by atoms with Crippen molar-refractivity contribution in [2.75, 3.05) is 24.5 Å². The van der Waals surface area contributed by atoms with Gasteiger partial charge in [0.1, 0.15) is 18.2 Å². The van der Waals surface area contributed by atoms with Crippen LogP contribution in [0, 0.1) is 0 Å². The number of anilines is 1. The Kier molecular flexibility index (Phi) is 6.33. The van der Waals surface area contributed by atoms with Crippen LogP contribution in [0.25, 0.3) is 5.69 Å². The summed E-state index contributed by atoms with van der Waals surface area (Å²) in [4.78, 5) is 24.0. The Morgan fingerprint density at radius 2 is 1.97 bits per heavy atom. The summed E-state index contributed by atoms with van der Waals surface area (Å²) in [6.45, 7) is 3.39. The van der Waals surface area contributed by atoms with Crippen molar-refractivity contribution in [3.8, 4) is 11.4 Å². The number of nitrogens with zero attached hydrogens (tertiary/aromatic N) is 4. The predicted molar refractivity (Wildman–Crippen MR) is 129 cm³/mol. The summed E-state index contributed by atoms with van der Waals surface area (Å²) >= 11 is 5.86. The Bertz CT molecular complexity index is 1140. The van der Waals surface area contributed by atoms with E-state index in [0.717, 1.165) is 36.8 Å². The molecule has 0 amide bonds. The minimum absolute atomic E-state index is 0.172. The number of nitrogens with one attached hydrogen (secondary N) is 1. The molecule has 2 saturated heterocycles. The lowest BCUT2D eigenvalue weighted by molar-refractivity contribution is 0.216. The van der Waals surface area contributed by atoms with Crippen molar-refractivity contribution in [2.45, 2.75) is 44.2 Å². The number of pyridine rings is 3. The van der Waals surface area contributed by atoms with E-state index in [1.165, 1.54) is 38.2 Å². The lowest BCUT2D eigenvalue weighted by Crippen LogP contribution is -2.59. The number of hydrogen-bond donors (Lipinski definition) is 1. The molecule has 2 aliphatic rings. The van der Waals surface area contributed by atoms with Gasteiger partial charge in [-0.05, 0) is 62.6 Å². The molecule has 8 heteroatoms. The number of rotatable bonds is 5. The fourth-order valence-corrected chi connectivity index (χ4v) is 4.94. The molecular formula is C25H28ClN5O2. The van der Waals surface area contributed by atoms with Crippen LogP contribution in [0.4, 0.5) is 5.82 Å². The maximum atomic E-state index is 12.7. The Hall–Kier alpha value is -2.90. The van der Waals surface area contributed by atoms with Gasteiger partial charge in [-0.1, -0.05) is 18.0 Å². The molecule has 2 fully saturated rings. The number of ether oxygens (including phenoxy) is 1. The standard InChI is InChI=1S/C25H28ClN5O2/c26-19-4-5-20(27-15-19)17-33-22-8-13-31(24(32)14-22)21-6-7-23(28-16-21)30-12-3-10-25(18-30)9-1-2-11-29-25/h4-8,13-16,29H,1-3,9-12,17-18H2. The third kappa shape index (κ3) is 5.04. The van der Waals surface area contributed by atoms with Crippen LogP contribution in [0.1, 0.15) is 37.8 Å². The smallest absolute Gasteiger partial charge is 0.258 e. The molecule has 0 bridgehead atoms. The summed E-state index contributed by atoms with van der Waals surface area (Å²) in [5.74, 6) is 1.46. The highest BCUT2D eigenvalue weighted by atomic mass is 35.5. The van der Waals surface area contributed by atoms with Crippen molar-refractivity contribution in [1.29, 1.82) is 0 Å². The van der Waals surface area contributed by atoms with E-state index in [9.17, 15) is 4.79 Å². The van der Waals surface area contributed by atoms with Crippen molar-refractivity contribution < 1.29 is 4.74 Å². The average Bonchev–Trinajstić information content (AvgIpc) is 2.84. The van der Waals surface area contributed by atoms with Gasteiger partial charge in [0.05, 0.1) is 22.6 Å². The fourth-order valence-electron chi connectivity index (χ4n) is 4.83. The van der Waals surface area contributed by atoms with Gasteiger partial charge < -0.3 is 15.0 Å². The van der Waals surface area contributed by atoms with E-state index in [4.69, 9.17) is 21.3 Å². The molecule has 1 unspecified atom stereocenters. The first kappa shape index (κ1) is 21.9. The molecule has 2 aliphatic heterocycles. The molecule has 1 spiro atoms. The van der Waals surface area contributed by atoms with E-state index >= 15 is 0 Å². The lowest BCUT2D eigenvalue weighted by Gasteiger charge is -2.46. The normalized spacial score (nSPS) is 20.7. The molecule has 5 heterocycles. The first-order valence-corrected chi connectivity index (χ1v) is 11.9. The van der Waals surface area contributed by atoms with Crippen LogP contribution in [0.5, 0.6) is 5.75 Å². The molecular weight excluding hydrogens is 438 g/mol. The van der Waals surface area contributed by atoms with E-state index < -0.39 is 0 Å². The summed E-state index contributed by atoms with van der Waals surface area (Å²) < 4.78 is 7.28. The minimum atomic E-state index is -0.172. The Labute approximate surface area is 198 Å². The number of hydrogen-bond acceptors (Lipinski definition) is 6. The quantitative estimate of drug-likeness (QED) is 0.614. The van der Waals surface area contributed by atoms with E-state index in [0.29, 0.717) is 10.8 Å². The molecule has 0 aliphatic carbocycles. The van der Waals surface area contributed by atoms with Crippen LogP contribution in [-0.4, -0.2) is 39.7 Å². The molecule has 1 N–H and O–H groups in total. The molecule has 0 radical (unpaired) electrons. The Morgan fingerprint density at radius 1 is 1.06 bits per heavy atom. The summed E-state index contributed by atoms with van der Waals surface area (Å²) in [5, 5.41) is 4.35. The minimum Gasteiger partial charge on any atom is -0.487 e. The molecule has 5 rings (SSSR count). The second kappa shape index (κ2) is 9.53. The van der Waals surface area contributed by atoms with Crippen LogP contribution >= 0.6 is 11.6 Å². The maximum Gasteiger partial charge on any atom is 0.258 e. The average molecular weight is 466 g/mol. The summed E-state index contributed by atoms with van der Waals surface area (Å²) in [6, 6.07) is 10.8. The summed E-state index contributed by atoms with van der Waals surface area (Å²) in [5.41, 5.74) is 1.53. The predicted octanol–water partition coefficient (Wildman–Crippen LogP) is 3.97. The molecule has 0 aromatic carbocycles. The zero-order chi connectivity index (χ0) is 22.7. The van der Waals surface area contributed by atoms with Gasteiger partial charge in [0, 0.05) is 37.1 Å². The van der Waals surface area contributed by atoms with Gasteiger partial charge in [0.2, 0.25) is 0 Å². The van der Waals surface area contributed by atoms with Gasteiger partial charge in [0.15, 0.2) is 0 Å². The summed E-state index contributed by atoms with van der Waals surface area (Å²) in [7, 11) is 0. The van der Waals surface area contributed by atoms with Crippen LogP contribution in [-0.2, 0) is 6.61 Å². The van der Waals surface area contributed by atoms with Crippen LogP contribution < -0.4 is 20.5 Å². The van der Waals surface area contributed by atoms with Crippen molar-refractivity contribution in [2.24, 2.45) is 0 Å². The first-order valence-electron chi connectivity index (χ1n) is 11.5. The van der Waals surface area contributed by atoms with Gasteiger partial charge in [0.25, 0.3) is 5.56 Å². The van der Waals surface area contributed by atoms with Crippen LogP contribution in [0.15, 0.2) is 59.8 Å². The van der Waals surface area contributed by atoms with E-state index in [2.05, 4.69) is 15.2 Å². The van der Waals surface area contributed by atoms with Crippen molar-refractivity contribution in [1.82, 2.24) is 19.9 Å². The lowest BCUT2D eigenvalue weighted by atomic mass is 9.82. The third-order valence-electron chi connectivity index (χ3n) is 6.56. The van der Waals surface area contributed by atoms with E-state index in [1.807, 2.05) is 12.1 Å². The Morgan fingerprint density at radius 3 is 2.70 bits per heavy atom. The van der Waals surface area contributed by atoms with Gasteiger partial charge in [-0.15, -0.1) is 0 Å². The van der Waals surface area contributed by atoms with Gasteiger partial charge in [-0.3, -0.25) is 14.3 Å². The van der Waals surface area contributed by atoms with E-state index in [-0.39, 0.29) is 17.7 Å². The molecule has 172 valence electrons. The molecule has 7 nitrogen and oxygen atoms in total. The maximum absolute atomic E-state index is 12.7. The number of piperidine rings is 2.